The van der Waals surface area contributed by atoms with Crippen molar-refractivity contribution in [3.05, 3.63) is 33.9 Å². The maximum Gasteiger partial charge on any atom is 0.273 e. The summed E-state index contributed by atoms with van der Waals surface area (Å²) in [5.74, 6) is -0.0240. The lowest BCUT2D eigenvalue weighted by molar-refractivity contribution is -0.385. The fourth-order valence-corrected chi connectivity index (χ4v) is 2.65. The number of nitrogens with zero attached hydrogens (tertiary/aromatic N) is 1. The highest BCUT2D eigenvalue weighted by Gasteiger charge is 2.15. The van der Waals surface area contributed by atoms with Crippen molar-refractivity contribution >= 4 is 15.5 Å². The molecule has 0 spiro atoms. The number of aliphatic hydroxyl groups excluding tert-OH is 1. The second-order valence-electron chi connectivity index (χ2n) is 4.96. The van der Waals surface area contributed by atoms with Gasteiger partial charge in [0.25, 0.3) is 5.69 Å². The highest BCUT2D eigenvalue weighted by atomic mass is 32.2. The van der Waals surface area contributed by atoms with Crippen molar-refractivity contribution in [3.8, 4) is 5.75 Å². The van der Waals surface area contributed by atoms with Gasteiger partial charge in [-0.1, -0.05) is 0 Å². The minimum atomic E-state index is -3.29. The quantitative estimate of drug-likeness (QED) is 0.577. The van der Waals surface area contributed by atoms with Crippen LogP contribution in [0.5, 0.6) is 5.75 Å². The molecule has 1 aromatic carbocycles. The van der Waals surface area contributed by atoms with Gasteiger partial charge in [0.2, 0.25) is 0 Å². The molecule has 1 N–H and O–H groups in total. The van der Waals surface area contributed by atoms with Gasteiger partial charge in [0, 0.05) is 18.9 Å². The number of hydrogen-bond donors (Lipinski definition) is 1. The standard InChI is InChI=1S/C13H19NO6S/c1-10(4-3-5-15)20-13-7-11(9-21(2,18)19)6-12(8-13)14(16)17/h6-8,10,15H,3-5,9H2,1-2H3. The van der Waals surface area contributed by atoms with E-state index < -0.39 is 14.8 Å². The van der Waals surface area contributed by atoms with Crippen LogP contribution in [0.3, 0.4) is 0 Å². The number of hydrogen-bond acceptors (Lipinski definition) is 6. The van der Waals surface area contributed by atoms with Crippen LogP contribution in [-0.2, 0) is 15.6 Å². The second-order valence-corrected chi connectivity index (χ2v) is 7.10. The first-order valence-electron chi connectivity index (χ1n) is 6.45. The molecule has 8 heteroatoms. The van der Waals surface area contributed by atoms with Crippen LogP contribution < -0.4 is 4.74 Å². The van der Waals surface area contributed by atoms with Gasteiger partial charge in [-0.25, -0.2) is 8.42 Å². The van der Waals surface area contributed by atoms with Crippen molar-refractivity contribution in [2.24, 2.45) is 0 Å². The highest BCUT2D eigenvalue weighted by Crippen LogP contribution is 2.25. The molecule has 118 valence electrons. The van der Waals surface area contributed by atoms with Crippen molar-refractivity contribution < 1.29 is 23.2 Å². The Morgan fingerprint density at radius 2 is 2.05 bits per heavy atom. The number of non-ortho nitro benzene ring substituents is 1. The summed E-state index contributed by atoms with van der Waals surface area (Å²) in [7, 11) is -3.29. The summed E-state index contributed by atoms with van der Waals surface area (Å²) in [6.07, 6.45) is 1.99. The molecule has 1 unspecified atom stereocenters. The number of aliphatic hydroxyl groups is 1. The number of sulfone groups is 1. The Balaban J connectivity index is 2.99. The maximum absolute atomic E-state index is 11.3. The Morgan fingerprint density at radius 3 is 2.57 bits per heavy atom. The molecule has 0 heterocycles. The van der Waals surface area contributed by atoms with E-state index in [4.69, 9.17) is 9.84 Å². The van der Waals surface area contributed by atoms with Crippen LogP contribution >= 0.6 is 0 Å². The third-order valence-electron chi connectivity index (χ3n) is 2.70. The molecule has 1 rings (SSSR count). The minimum absolute atomic E-state index is 0.0436. The fourth-order valence-electron chi connectivity index (χ4n) is 1.87. The molecule has 0 amide bonds. The molecule has 0 aliphatic rings. The lowest BCUT2D eigenvalue weighted by Gasteiger charge is -2.14. The summed E-state index contributed by atoms with van der Waals surface area (Å²) in [6.45, 7) is 1.83. The van der Waals surface area contributed by atoms with Crippen molar-refractivity contribution in [2.75, 3.05) is 12.9 Å². The van der Waals surface area contributed by atoms with Gasteiger partial charge in [-0.2, -0.15) is 0 Å². The minimum Gasteiger partial charge on any atom is -0.490 e. The first-order valence-corrected chi connectivity index (χ1v) is 8.51. The van der Waals surface area contributed by atoms with E-state index in [1.165, 1.54) is 18.2 Å². The molecular weight excluding hydrogens is 298 g/mol. The molecule has 0 fully saturated rings. The zero-order chi connectivity index (χ0) is 16.0. The monoisotopic (exact) mass is 317 g/mol. The molecule has 0 aliphatic carbocycles. The summed E-state index contributed by atoms with van der Waals surface area (Å²) in [4.78, 5) is 10.3. The Bertz CT molecular complexity index is 599. The number of benzene rings is 1. The Labute approximate surface area is 123 Å². The van der Waals surface area contributed by atoms with Gasteiger partial charge in [-0.3, -0.25) is 10.1 Å². The van der Waals surface area contributed by atoms with Crippen LogP contribution in [0.1, 0.15) is 25.3 Å². The number of nitro benzene ring substituents is 1. The molecule has 0 saturated heterocycles. The van der Waals surface area contributed by atoms with Crippen LogP contribution in [0, 0.1) is 10.1 Å². The summed E-state index contributed by atoms with van der Waals surface area (Å²) in [5.41, 5.74) is 0.108. The summed E-state index contributed by atoms with van der Waals surface area (Å²) < 4.78 is 28.2. The van der Waals surface area contributed by atoms with Crippen LogP contribution in [-0.4, -0.2) is 37.4 Å². The second kappa shape index (κ2) is 7.37. The largest absolute Gasteiger partial charge is 0.490 e. The van der Waals surface area contributed by atoms with Gasteiger partial charge in [-0.05, 0) is 31.4 Å². The predicted molar refractivity (Wildman–Crippen MR) is 78.1 cm³/mol. The average molecular weight is 317 g/mol. The van der Waals surface area contributed by atoms with Crippen LogP contribution in [0.4, 0.5) is 5.69 Å². The highest BCUT2D eigenvalue weighted by molar-refractivity contribution is 7.89. The molecule has 1 atom stereocenters. The third-order valence-corrected chi connectivity index (χ3v) is 3.55. The topological polar surface area (TPSA) is 107 Å². The molecule has 0 radical (unpaired) electrons. The lowest BCUT2D eigenvalue weighted by Crippen LogP contribution is -2.13. The first-order chi connectivity index (χ1) is 9.71. The van der Waals surface area contributed by atoms with Gasteiger partial charge < -0.3 is 9.84 Å². The summed E-state index contributed by atoms with van der Waals surface area (Å²) in [6, 6.07) is 3.98. The molecule has 0 aliphatic heterocycles. The fraction of sp³-hybridized carbons (Fsp3) is 0.538. The van der Waals surface area contributed by atoms with E-state index in [1.54, 1.807) is 6.92 Å². The van der Waals surface area contributed by atoms with E-state index in [9.17, 15) is 18.5 Å². The average Bonchev–Trinajstić information content (AvgIpc) is 2.33. The van der Waals surface area contributed by atoms with Crippen molar-refractivity contribution in [1.82, 2.24) is 0 Å². The van der Waals surface area contributed by atoms with Crippen molar-refractivity contribution in [2.45, 2.75) is 31.6 Å². The maximum atomic E-state index is 11.3. The zero-order valence-electron chi connectivity index (χ0n) is 12.0. The number of ether oxygens (including phenoxy) is 1. The third kappa shape index (κ3) is 6.54. The van der Waals surface area contributed by atoms with E-state index >= 15 is 0 Å². The van der Waals surface area contributed by atoms with E-state index in [2.05, 4.69) is 0 Å². The molecule has 0 bridgehead atoms. The summed E-state index contributed by atoms with van der Waals surface area (Å²) >= 11 is 0. The molecule has 7 nitrogen and oxygen atoms in total. The number of rotatable bonds is 8. The molecule has 21 heavy (non-hydrogen) atoms. The van der Waals surface area contributed by atoms with Gasteiger partial charge in [0.1, 0.15) is 5.75 Å². The SMILES string of the molecule is CC(CCCO)Oc1cc(CS(C)(=O)=O)cc([N+](=O)[O-])c1. The normalized spacial score (nSPS) is 12.9. The van der Waals surface area contributed by atoms with Crippen LogP contribution in [0.2, 0.25) is 0 Å². The van der Waals surface area contributed by atoms with Gasteiger partial charge in [0.15, 0.2) is 9.84 Å². The Kier molecular flexibility index (Phi) is 6.10. The van der Waals surface area contributed by atoms with E-state index in [-0.39, 0.29) is 29.9 Å². The van der Waals surface area contributed by atoms with Gasteiger partial charge >= 0.3 is 0 Å². The van der Waals surface area contributed by atoms with Crippen molar-refractivity contribution in [3.63, 3.8) is 0 Å². The predicted octanol–water partition coefficient (Wildman–Crippen LogP) is 1.68. The molecular formula is C13H19NO6S. The zero-order valence-corrected chi connectivity index (χ0v) is 12.8. The van der Waals surface area contributed by atoms with Crippen LogP contribution in [0.15, 0.2) is 18.2 Å². The smallest absolute Gasteiger partial charge is 0.273 e. The first kappa shape index (κ1) is 17.4. The lowest BCUT2D eigenvalue weighted by atomic mass is 10.2. The Hall–Kier alpha value is -1.67. The summed E-state index contributed by atoms with van der Waals surface area (Å²) in [5, 5.41) is 19.7. The molecule has 1 aromatic rings. The van der Waals surface area contributed by atoms with Crippen molar-refractivity contribution in [1.29, 1.82) is 0 Å². The van der Waals surface area contributed by atoms with Gasteiger partial charge in [0.05, 0.1) is 22.8 Å². The van der Waals surface area contributed by atoms with Gasteiger partial charge in [-0.15, -0.1) is 0 Å². The van der Waals surface area contributed by atoms with E-state index in [1.807, 2.05) is 0 Å². The Morgan fingerprint density at radius 1 is 1.38 bits per heavy atom. The molecule has 0 saturated carbocycles. The number of nitro groups is 1. The molecule has 0 aromatic heterocycles. The van der Waals surface area contributed by atoms with E-state index in [0.717, 1.165) is 6.26 Å². The van der Waals surface area contributed by atoms with Crippen LogP contribution in [0.25, 0.3) is 0 Å². The van der Waals surface area contributed by atoms with E-state index in [0.29, 0.717) is 18.4 Å².